The first-order chi connectivity index (χ1) is 21.7. The van der Waals surface area contributed by atoms with E-state index >= 15 is 0 Å². The maximum Gasteiger partial charge on any atom is 0.336 e. The van der Waals surface area contributed by atoms with E-state index in [9.17, 15) is 4.79 Å². The van der Waals surface area contributed by atoms with Crippen molar-refractivity contribution in [3.05, 3.63) is 143 Å². The second-order valence-corrected chi connectivity index (χ2v) is 11.0. The molecule has 1 saturated heterocycles. The van der Waals surface area contributed by atoms with Crippen LogP contribution in [-0.2, 0) is 22.6 Å². The zero-order valence-electron chi connectivity index (χ0n) is 25.7. The van der Waals surface area contributed by atoms with Gasteiger partial charge in [-0.2, -0.15) is 0 Å². The lowest BCUT2D eigenvalue weighted by Crippen LogP contribution is -2.34. The molecule has 0 aromatic heterocycles. The summed E-state index contributed by atoms with van der Waals surface area (Å²) >= 11 is 0. The first kappa shape index (κ1) is 31.0. The van der Waals surface area contributed by atoms with Gasteiger partial charge >= 0.3 is 5.97 Å². The molecule has 2 heterocycles. The van der Waals surface area contributed by atoms with Crippen LogP contribution in [0.15, 0.2) is 121 Å². The summed E-state index contributed by atoms with van der Waals surface area (Å²) in [6, 6.07) is 40.1. The van der Waals surface area contributed by atoms with Crippen LogP contribution in [0.2, 0.25) is 0 Å². The second kappa shape index (κ2) is 15.9. The summed E-state index contributed by atoms with van der Waals surface area (Å²) in [7, 11) is 1.72. The van der Waals surface area contributed by atoms with E-state index in [1.807, 2.05) is 55.5 Å². The topological polar surface area (TPSA) is 62.8 Å². The lowest BCUT2D eigenvalue weighted by atomic mass is 10.0. The van der Waals surface area contributed by atoms with Gasteiger partial charge in [0, 0.05) is 37.3 Å². The normalized spacial score (nSPS) is 17.6. The molecule has 2 N–H and O–H groups in total. The first-order valence-electron chi connectivity index (χ1n) is 15.6. The van der Waals surface area contributed by atoms with E-state index in [4.69, 9.17) is 9.47 Å². The summed E-state index contributed by atoms with van der Waals surface area (Å²) in [5.74, 6) is 0.758. The number of rotatable bonds is 10. The lowest BCUT2D eigenvalue weighted by Gasteiger charge is -2.23. The fourth-order valence-corrected chi connectivity index (χ4v) is 6.02. The largest absolute Gasteiger partial charge is 0.496 e. The molecule has 0 aliphatic carbocycles. The summed E-state index contributed by atoms with van der Waals surface area (Å²) < 4.78 is 10.7. The zero-order chi connectivity index (χ0) is 30.6. The van der Waals surface area contributed by atoms with Gasteiger partial charge in [-0.05, 0) is 49.1 Å². The van der Waals surface area contributed by atoms with Crippen molar-refractivity contribution < 1.29 is 14.3 Å². The number of hydrogen-bond acceptors (Lipinski definition) is 6. The highest BCUT2D eigenvalue weighted by atomic mass is 16.5. The Bertz CT molecular complexity index is 1490. The van der Waals surface area contributed by atoms with Crippen molar-refractivity contribution in [1.82, 2.24) is 15.5 Å². The van der Waals surface area contributed by atoms with Crippen LogP contribution < -0.4 is 15.4 Å². The molecule has 0 unspecified atom stereocenters. The number of nitrogens with zero attached hydrogens (tertiary/aromatic N) is 1. The summed E-state index contributed by atoms with van der Waals surface area (Å²) in [4.78, 5) is 14.6. The van der Waals surface area contributed by atoms with Gasteiger partial charge in [-0.1, -0.05) is 109 Å². The number of esters is 1. The Morgan fingerprint density at radius 1 is 0.886 bits per heavy atom. The van der Waals surface area contributed by atoms with Crippen molar-refractivity contribution in [2.24, 2.45) is 0 Å². The molecule has 2 aliphatic rings. The second-order valence-electron chi connectivity index (χ2n) is 11.0. The van der Waals surface area contributed by atoms with Crippen LogP contribution in [0.3, 0.4) is 0 Å². The molecular formula is C38H43N3O3. The summed E-state index contributed by atoms with van der Waals surface area (Å²) in [6.07, 6.45) is 1.88. The maximum absolute atomic E-state index is 12.3. The molecule has 0 radical (unpaired) electrons. The number of ether oxygens (including phenoxy) is 2. The Morgan fingerprint density at radius 2 is 1.55 bits per heavy atom. The average Bonchev–Trinajstić information content (AvgIpc) is 3.73. The van der Waals surface area contributed by atoms with Crippen LogP contribution in [0.5, 0.6) is 5.75 Å². The molecule has 6 rings (SSSR count). The van der Waals surface area contributed by atoms with E-state index in [2.05, 4.69) is 82.3 Å². The van der Waals surface area contributed by atoms with Crippen molar-refractivity contribution in [2.45, 2.75) is 44.9 Å². The first-order valence-corrected chi connectivity index (χ1v) is 15.6. The Hall–Kier alpha value is -4.39. The van der Waals surface area contributed by atoms with Gasteiger partial charge in [0.2, 0.25) is 0 Å². The van der Waals surface area contributed by atoms with Gasteiger partial charge in [0.1, 0.15) is 5.75 Å². The predicted molar refractivity (Wildman–Crippen MR) is 177 cm³/mol. The average molecular weight is 590 g/mol. The number of nitrogens with one attached hydrogen (secondary N) is 2. The summed E-state index contributed by atoms with van der Waals surface area (Å²) in [5.41, 5.74) is 6.67. The van der Waals surface area contributed by atoms with E-state index in [1.54, 1.807) is 7.11 Å². The lowest BCUT2D eigenvalue weighted by molar-refractivity contribution is -0.138. The van der Waals surface area contributed by atoms with Gasteiger partial charge in [-0.15, -0.1) is 0 Å². The SMILES string of the molecule is CCOC(=O)C1=C(c2ccccc2)N(Cc2ccccc2)CC1.COc1ccccc1CN[C@@H]1CCN[C@@H]1c1ccccc1. The molecule has 2 aliphatic heterocycles. The van der Waals surface area contributed by atoms with Gasteiger partial charge in [0.25, 0.3) is 0 Å². The highest BCUT2D eigenvalue weighted by Crippen LogP contribution is 2.33. The van der Waals surface area contributed by atoms with Crippen molar-refractivity contribution in [3.63, 3.8) is 0 Å². The molecule has 44 heavy (non-hydrogen) atoms. The monoisotopic (exact) mass is 589 g/mol. The minimum atomic E-state index is -0.193. The number of methoxy groups -OCH3 is 1. The molecule has 4 aromatic rings. The van der Waals surface area contributed by atoms with Crippen molar-refractivity contribution in [3.8, 4) is 5.75 Å². The molecule has 0 spiro atoms. The fourth-order valence-electron chi connectivity index (χ4n) is 6.02. The van der Waals surface area contributed by atoms with Crippen LogP contribution in [0.4, 0.5) is 0 Å². The minimum Gasteiger partial charge on any atom is -0.496 e. The van der Waals surface area contributed by atoms with Crippen molar-refractivity contribution >= 4 is 11.7 Å². The third-order valence-corrected chi connectivity index (χ3v) is 8.15. The van der Waals surface area contributed by atoms with E-state index in [1.165, 1.54) is 16.7 Å². The maximum atomic E-state index is 12.3. The zero-order valence-corrected chi connectivity index (χ0v) is 25.7. The summed E-state index contributed by atoms with van der Waals surface area (Å²) in [6.45, 7) is 5.78. The number of carbonyl (C=O) groups excluding carboxylic acids is 1. The van der Waals surface area contributed by atoms with Crippen LogP contribution in [0, 0.1) is 0 Å². The van der Waals surface area contributed by atoms with E-state index in [0.717, 1.165) is 61.6 Å². The number of para-hydroxylation sites is 1. The Kier molecular flexibility index (Phi) is 11.2. The van der Waals surface area contributed by atoms with Crippen molar-refractivity contribution in [2.75, 3.05) is 26.8 Å². The molecule has 4 aromatic carbocycles. The molecule has 0 bridgehead atoms. The smallest absolute Gasteiger partial charge is 0.336 e. The predicted octanol–water partition coefficient (Wildman–Crippen LogP) is 6.75. The van der Waals surface area contributed by atoms with Gasteiger partial charge in [0.05, 0.1) is 25.0 Å². The quantitative estimate of drug-likeness (QED) is 0.200. The molecule has 0 amide bonds. The number of benzene rings is 4. The van der Waals surface area contributed by atoms with Crippen LogP contribution in [0.25, 0.3) is 5.70 Å². The molecule has 6 nitrogen and oxygen atoms in total. The number of hydrogen-bond donors (Lipinski definition) is 2. The van der Waals surface area contributed by atoms with E-state index < -0.39 is 0 Å². The summed E-state index contributed by atoms with van der Waals surface area (Å²) in [5, 5.41) is 7.27. The van der Waals surface area contributed by atoms with Crippen LogP contribution >= 0.6 is 0 Å². The molecule has 0 saturated carbocycles. The fraction of sp³-hybridized carbons (Fsp3) is 0.289. The Balaban J connectivity index is 0.000000175. The molecule has 1 fully saturated rings. The Morgan fingerprint density at radius 3 is 2.25 bits per heavy atom. The Labute approximate surface area is 261 Å². The number of carbonyl (C=O) groups is 1. The minimum absolute atomic E-state index is 0.193. The van der Waals surface area contributed by atoms with Crippen LogP contribution in [0.1, 0.15) is 48.1 Å². The van der Waals surface area contributed by atoms with E-state index in [0.29, 0.717) is 18.7 Å². The third-order valence-electron chi connectivity index (χ3n) is 8.15. The van der Waals surface area contributed by atoms with Gasteiger partial charge in [0.15, 0.2) is 0 Å². The molecule has 228 valence electrons. The molecule has 6 heteroatoms. The van der Waals surface area contributed by atoms with Crippen molar-refractivity contribution in [1.29, 1.82) is 0 Å². The highest BCUT2D eigenvalue weighted by molar-refractivity contribution is 5.98. The molecular weight excluding hydrogens is 546 g/mol. The molecule has 2 atom stereocenters. The van der Waals surface area contributed by atoms with Gasteiger partial charge < -0.3 is 25.0 Å². The highest BCUT2D eigenvalue weighted by Gasteiger charge is 2.29. The van der Waals surface area contributed by atoms with Gasteiger partial charge in [-0.3, -0.25) is 0 Å². The van der Waals surface area contributed by atoms with Crippen LogP contribution in [-0.4, -0.2) is 43.7 Å². The van der Waals surface area contributed by atoms with Gasteiger partial charge in [-0.25, -0.2) is 4.79 Å². The van der Waals surface area contributed by atoms with E-state index in [-0.39, 0.29) is 5.97 Å². The standard InChI is InChI=1S/C20H21NO2.C18H22N2O/c1-2-23-20(22)18-13-14-21(15-16-9-5-3-6-10-16)19(18)17-11-7-4-8-12-17;1-21-17-10-6-5-9-15(17)13-20-16-11-12-19-18(16)14-7-3-2-4-8-14/h3-12H,2,13-15H2,1H3;2-10,16,18-20H,11-13H2,1H3/t;16-,18-/m.1/s1. The third kappa shape index (κ3) is 7.95.